The molecule has 0 radical (unpaired) electrons. The number of urea groups is 1. The molecule has 4 rings (SSSR count). The maximum absolute atomic E-state index is 13.3. The summed E-state index contributed by atoms with van der Waals surface area (Å²) in [4.78, 5) is 30.8. The number of carbonyl (C=O) groups is 2. The van der Waals surface area contributed by atoms with Crippen LogP contribution < -0.4 is 10.6 Å². The van der Waals surface area contributed by atoms with Crippen LogP contribution in [0.2, 0.25) is 0 Å². The summed E-state index contributed by atoms with van der Waals surface area (Å²) in [6.45, 7) is 4.95. The highest BCUT2D eigenvalue weighted by Crippen LogP contribution is 2.32. The molecule has 0 bridgehead atoms. The standard InChI is InChI=1S/C22H23BrN4O2/c1-13(2)24-22(29)26-18-9-4-3-6-15(18)21(28)27-11-10-19-16(12-27)14-7-5-8-17(23)20(14)25-19/h3-9,13,25H,10-12H2,1-2H3,(H2,24,26,29). The summed E-state index contributed by atoms with van der Waals surface area (Å²) < 4.78 is 1.02. The lowest BCUT2D eigenvalue weighted by Crippen LogP contribution is -2.37. The largest absolute Gasteiger partial charge is 0.357 e. The van der Waals surface area contributed by atoms with E-state index in [0.29, 0.717) is 24.3 Å². The first-order valence-electron chi connectivity index (χ1n) is 9.68. The monoisotopic (exact) mass is 454 g/mol. The Balaban J connectivity index is 1.60. The van der Waals surface area contributed by atoms with Crippen LogP contribution in [0.1, 0.15) is 35.5 Å². The first kappa shape index (κ1) is 19.5. The van der Waals surface area contributed by atoms with Crippen molar-refractivity contribution >= 4 is 44.5 Å². The van der Waals surface area contributed by atoms with Crippen molar-refractivity contribution in [3.63, 3.8) is 0 Å². The molecule has 3 aromatic rings. The summed E-state index contributed by atoms with van der Waals surface area (Å²) in [5.74, 6) is -0.0829. The number of nitrogens with one attached hydrogen (secondary N) is 3. The average molecular weight is 455 g/mol. The van der Waals surface area contributed by atoms with Crippen LogP contribution in [-0.4, -0.2) is 34.4 Å². The third-order valence-corrected chi connectivity index (χ3v) is 5.73. The Labute approximate surface area is 177 Å². The van der Waals surface area contributed by atoms with Gasteiger partial charge in [-0.3, -0.25) is 4.79 Å². The highest BCUT2D eigenvalue weighted by atomic mass is 79.9. The molecule has 1 aromatic heterocycles. The maximum Gasteiger partial charge on any atom is 0.319 e. The number of rotatable bonds is 3. The predicted octanol–water partition coefficient (Wildman–Crippen LogP) is 4.66. The maximum atomic E-state index is 13.3. The van der Waals surface area contributed by atoms with E-state index >= 15 is 0 Å². The number of carbonyl (C=O) groups excluding carboxylic acids is 2. The molecule has 0 saturated heterocycles. The number of anilines is 1. The quantitative estimate of drug-likeness (QED) is 0.538. The van der Waals surface area contributed by atoms with E-state index in [9.17, 15) is 9.59 Å². The minimum atomic E-state index is -0.317. The van der Waals surface area contributed by atoms with Crippen LogP contribution in [0.5, 0.6) is 0 Å². The van der Waals surface area contributed by atoms with E-state index < -0.39 is 0 Å². The fourth-order valence-corrected chi connectivity index (χ4v) is 4.21. The molecule has 6 nitrogen and oxygen atoms in total. The normalized spacial score (nSPS) is 13.4. The van der Waals surface area contributed by atoms with Gasteiger partial charge in [-0.1, -0.05) is 24.3 Å². The number of benzene rings is 2. The van der Waals surface area contributed by atoms with Gasteiger partial charge in [-0.2, -0.15) is 0 Å². The molecule has 0 saturated carbocycles. The molecule has 2 heterocycles. The highest BCUT2D eigenvalue weighted by molar-refractivity contribution is 9.10. The summed E-state index contributed by atoms with van der Waals surface area (Å²) in [6, 6.07) is 12.9. The second-order valence-corrected chi connectivity index (χ2v) is 8.37. The summed E-state index contributed by atoms with van der Waals surface area (Å²) >= 11 is 3.60. The number of halogens is 1. The zero-order valence-electron chi connectivity index (χ0n) is 16.4. The molecular formula is C22H23BrN4O2. The summed E-state index contributed by atoms with van der Waals surface area (Å²) in [5, 5.41) is 6.73. The van der Waals surface area contributed by atoms with E-state index in [1.54, 1.807) is 12.1 Å². The molecule has 29 heavy (non-hydrogen) atoms. The van der Waals surface area contributed by atoms with Crippen LogP contribution in [0.4, 0.5) is 10.5 Å². The summed E-state index contributed by atoms with van der Waals surface area (Å²) in [5.41, 5.74) is 4.42. The van der Waals surface area contributed by atoms with Gasteiger partial charge >= 0.3 is 6.03 Å². The van der Waals surface area contributed by atoms with E-state index in [0.717, 1.165) is 27.4 Å². The molecular weight excluding hydrogens is 432 g/mol. The van der Waals surface area contributed by atoms with Gasteiger partial charge in [0.2, 0.25) is 0 Å². The Morgan fingerprint density at radius 1 is 1.14 bits per heavy atom. The van der Waals surface area contributed by atoms with Crippen LogP contribution in [0.25, 0.3) is 10.9 Å². The molecule has 2 aromatic carbocycles. The van der Waals surface area contributed by atoms with Crippen molar-refractivity contribution in [2.75, 3.05) is 11.9 Å². The molecule has 1 aliphatic heterocycles. The SMILES string of the molecule is CC(C)NC(=O)Nc1ccccc1C(=O)N1CCc2[nH]c3c(Br)cccc3c2C1. The van der Waals surface area contributed by atoms with Crippen molar-refractivity contribution in [2.24, 2.45) is 0 Å². The lowest BCUT2D eigenvalue weighted by molar-refractivity contribution is 0.0736. The Hall–Kier alpha value is -2.80. The summed E-state index contributed by atoms with van der Waals surface area (Å²) in [6.07, 6.45) is 0.769. The van der Waals surface area contributed by atoms with Crippen molar-refractivity contribution in [3.8, 4) is 0 Å². The first-order chi connectivity index (χ1) is 13.9. The first-order valence-corrected chi connectivity index (χ1v) is 10.5. The smallest absolute Gasteiger partial charge is 0.319 e. The fraction of sp³-hybridized carbons (Fsp3) is 0.273. The second-order valence-electron chi connectivity index (χ2n) is 7.52. The Bertz CT molecular complexity index is 1090. The van der Waals surface area contributed by atoms with Gasteiger partial charge in [0, 0.05) is 46.7 Å². The molecule has 0 aliphatic carbocycles. The van der Waals surface area contributed by atoms with Crippen LogP contribution >= 0.6 is 15.9 Å². The number of H-pyrrole nitrogens is 1. The molecule has 1 aliphatic rings. The van der Waals surface area contributed by atoms with Crippen LogP contribution in [0.15, 0.2) is 46.9 Å². The van der Waals surface area contributed by atoms with Crippen molar-refractivity contribution in [2.45, 2.75) is 32.9 Å². The molecule has 3 amide bonds. The van der Waals surface area contributed by atoms with Gasteiger partial charge in [0.1, 0.15) is 0 Å². The zero-order valence-corrected chi connectivity index (χ0v) is 18.0. The van der Waals surface area contributed by atoms with E-state index in [1.807, 2.05) is 43.0 Å². The number of para-hydroxylation sites is 2. The number of nitrogens with zero attached hydrogens (tertiary/aromatic N) is 1. The fourth-order valence-electron chi connectivity index (χ4n) is 3.75. The van der Waals surface area contributed by atoms with Crippen LogP contribution in [0, 0.1) is 0 Å². The predicted molar refractivity (Wildman–Crippen MR) is 118 cm³/mol. The number of hydrogen-bond acceptors (Lipinski definition) is 2. The third kappa shape index (κ3) is 3.87. The van der Waals surface area contributed by atoms with Crippen molar-refractivity contribution in [3.05, 3.63) is 63.8 Å². The lowest BCUT2D eigenvalue weighted by atomic mass is 10.0. The number of aromatic amines is 1. The van der Waals surface area contributed by atoms with Gasteiger partial charge in [0.25, 0.3) is 5.91 Å². The van der Waals surface area contributed by atoms with Gasteiger partial charge in [0.15, 0.2) is 0 Å². The number of amides is 3. The molecule has 0 unspecified atom stereocenters. The minimum Gasteiger partial charge on any atom is -0.357 e. The molecule has 7 heteroatoms. The molecule has 0 atom stereocenters. The summed E-state index contributed by atoms with van der Waals surface area (Å²) in [7, 11) is 0. The van der Waals surface area contributed by atoms with Crippen LogP contribution in [-0.2, 0) is 13.0 Å². The molecule has 3 N–H and O–H groups in total. The Morgan fingerprint density at radius 3 is 2.72 bits per heavy atom. The van der Waals surface area contributed by atoms with E-state index in [1.165, 1.54) is 5.69 Å². The van der Waals surface area contributed by atoms with E-state index in [-0.39, 0.29) is 18.0 Å². The second kappa shape index (κ2) is 7.91. The van der Waals surface area contributed by atoms with Gasteiger partial charge in [-0.25, -0.2) is 4.79 Å². The van der Waals surface area contributed by atoms with Gasteiger partial charge in [0.05, 0.1) is 16.8 Å². The zero-order chi connectivity index (χ0) is 20.5. The van der Waals surface area contributed by atoms with Gasteiger partial charge < -0.3 is 20.5 Å². The van der Waals surface area contributed by atoms with Crippen LogP contribution in [0.3, 0.4) is 0 Å². The highest BCUT2D eigenvalue weighted by Gasteiger charge is 2.26. The van der Waals surface area contributed by atoms with E-state index in [4.69, 9.17) is 0 Å². The Kier molecular flexibility index (Phi) is 5.32. The third-order valence-electron chi connectivity index (χ3n) is 5.07. The molecule has 0 fully saturated rings. The Morgan fingerprint density at radius 2 is 1.93 bits per heavy atom. The number of hydrogen-bond donors (Lipinski definition) is 3. The van der Waals surface area contributed by atoms with Gasteiger partial charge in [-0.15, -0.1) is 0 Å². The van der Waals surface area contributed by atoms with E-state index in [2.05, 4.69) is 37.6 Å². The van der Waals surface area contributed by atoms with Crippen molar-refractivity contribution < 1.29 is 9.59 Å². The average Bonchev–Trinajstić information content (AvgIpc) is 3.06. The molecule has 0 spiro atoms. The minimum absolute atomic E-state index is 0.0135. The topological polar surface area (TPSA) is 77.2 Å². The number of aromatic nitrogens is 1. The van der Waals surface area contributed by atoms with Crippen molar-refractivity contribution in [1.82, 2.24) is 15.2 Å². The molecule has 150 valence electrons. The number of fused-ring (bicyclic) bond motifs is 3. The van der Waals surface area contributed by atoms with Crippen molar-refractivity contribution in [1.29, 1.82) is 0 Å². The lowest BCUT2D eigenvalue weighted by Gasteiger charge is -2.28. The van der Waals surface area contributed by atoms with Gasteiger partial charge in [-0.05, 0) is 48.0 Å².